The Morgan fingerprint density at radius 1 is 1.60 bits per heavy atom. The van der Waals surface area contributed by atoms with Crippen LogP contribution >= 0.6 is 0 Å². The molecule has 1 aliphatic rings. The quantitative estimate of drug-likeness (QED) is 0.631. The molecule has 0 heterocycles. The molecular weight excluding hydrogens is 191 g/mol. The molecule has 1 saturated carbocycles. The summed E-state index contributed by atoms with van der Waals surface area (Å²) in [5.41, 5.74) is 0.303. The average Bonchev–Trinajstić information content (AvgIpc) is 2.16. The van der Waals surface area contributed by atoms with Crippen molar-refractivity contribution in [3.8, 4) is 0 Å². The van der Waals surface area contributed by atoms with E-state index in [0.717, 1.165) is 12.8 Å². The van der Waals surface area contributed by atoms with Crippen LogP contribution in [0, 0.1) is 5.41 Å². The molecule has 0 amide bonds. The Morgan fingerprint density at radius 2 is 2.27 bits per heavy atom. The number of ether oxygens (including phenoxy) is 1. The molecule has 0 aromatic rings. The average molecular weight is 214 g/mol. The number of methoxy groups -OCH3 is 1. The number of hydrogen-bond donors (Lipinski definition) is 0. The number of hydrogen-bond acceptors (Lipinski definition) is 1. The largest absolute Gasteiger partial charge is 0.384 e. The van der Waals surface area contributed by atoms with Gasteiger partial charge in [-0.15, -0.1) is 0 Å². The monoisotopic (exact) mass is 214 g/mol. The molecule has 2 heteroatoms. The van der Waals surface area contributed by atoms with Crippen molar-refractivity contribution >= 4 is 0 Å². The molecule has 15 heavy (non-hydrogen) atoms. The minimum absolute atomic E-state index is 0.0109. The maximum absolute atomic E-state index is 14.1. The fourth-order valence-corrected chi connectivity index (χ4v) is 2.60. The van der Waals surface area contributed by atoms with Crippen LogP contribution in [0.25, 0.3) is 0 Å². The maximum atomic E-state index is 14.1. The van der Waals surface area contributed by atoms with Gasteiger partial charge in [0.2, 0.25) is 0 Å². The van der Waals surface area contributed by atoms with E-state index in [9.17, 15) is 4.39 Å². The molecule has 0 aliphatic heterocycles. The van der Waals surface area contributed by atoms with Crippen molar-refractivity contribution in [1.82, 2.24) is 0 Å². The molecule has 1 fully saturated rings. The molecule has 0 spiro atoms. The van der Waals surface area contributed by atoms with Crippen molar-refractivity contribution in [3.63, 3.8) is 0 Å². The zero-order chi connectivity index (χ0) is 11.5. The van der Waals surface area contributed by atoms with Crippen molar-refractivity contribution in [2.24, 2.45) is 5.41 Å². The van der Waals surface area contributed by atoms with Gasteiger partial charge in [0, 0.05) is 12.5 Å². The van der Waals surface area contributed by atoms with Crippen molar-refractivity contribution in [3.05, 3.63) is 11.6 Å². The highest BCUT2D eigenvalue weighted by Gasteiger charge is 2.46. The lowest BCUT2D eigenvalue weighted by Crippen LogP contribution is -2.42. The third kappa shape index (κ3) is 2.60. The second-order valence-electron chi connectivity index (χ2n) is 4.97. The first-order valence-corrected chi connectivity index (χ1v) is 5.83. The highest BCUT2D eigenvalue weighted by atomic mass is 19.1. The fourth-order valence-electron chi connectivity index (χ4n) is 2.60. The number of rotatable bonds is 5. The van der Waals surface area contributed by atoms with Crippen molar-refractivity contribution in [2.45, 2.75) is 52.1 Å². The molecule has 0 bridgehead atoms. The van der Waals surface area contributed by atoms with Gasteiger partial charge in [0.05, 0.1) is 6.61 Å². The Hall–Kier alpha value is -0.370. The normalized spacial score (nSPS) is 32.5. The molecular formula is C13H23FO. The van der Waals surface area contributed by atoms with Gasteiger partial charge in [-0.3, -0.25) is 0 Å². The Bertz CT molecular complexity index is 245. The van der Waals surface area contributed by atoms with E-state index >= 15 is 0 Å². The summed E-state index contributed by atoms with van der Waals surface area (Å²) < 4.78 is 19.4. The summed E-state index contributed by atoms with van der Waals surface area (Å²) in [5.74, 6) is 0. The Morgan fingerprint density at radius 3 is 2.60 bits per heavy atom. The van der Waals surface area contributed by atoms with Crippen molar-refractivity contribution in [2.75, 3.05) is 13.7 Å². The summed E-state index contributed by atoms with van der Waals surface area (Å²) >= 11 is 0. The second-order valence-corrected chi connectivity index (χ2v) is 4.97. The molecule has 0 aromatic heterocycles. The highest BCUT2D eigenvalue weighted by Crippen LogP contribution is 2.52. The van der Waals surface area contributed by atoms with Crippen LogP contribution in [0.5, 0.6) is 0 Å². The summed E-state index contributed by atoms with van der Waals surface area (Å²) in [5, 5.41) is 0. The molecule has 0 N–H and O–H groups in total. The van der Waals surface area contributed by atoms with Gasteiger partial charge in [0.25, 0.3) is 0 Å². The lowest BCUT2D eigenvalue weighted by Gasteiger charge is -2.47. The van der Waals surface area contributed by atoms with Crippen LogP contribution in [0.4, 0.5) is 4.39 Å². The van der Waals surface area contributed by atoms with Gasteiger partial charge in [-0.25, -0.2) is 4.39 Å². The molecule has 1 nitrogen and oxygen atoms in total. The fraction of sp³-hybridized carbons (Fsp3) is 0.846. The van der Waals surface area contributed by atoms with Crippen LogP contribution in [0.2, 0.25) is 0 Å². The first kappa shape index (κ1) is 12.7. The predicted octanol–water partition coefficient (Wildman–Crippen LogP) is 3.89. The lowest BCUT2D eigenvalue weighted by atomic mass is 9.60. The number of halogens is 1. The standard InChI is InChI=1S/C13H23FO/c1-5-11-7-8-13(11,10-15-4)9-12(3,14)6-2/h5H,6-10H2,1-4H3/b11-5+. The maximum Gasteiger partial charge on any atom is 0.109 e. The smallest absolute Gasteiger partial charge is 0.109 e. The van der Waals surface area contributed by atoms with Gasteiger partial charge in [-0.05, 0) is 39.5 Å². The van der Waals surface area contributed by atoms with Crippen molar-refractivity contribution in [1.29, 1.82) is 0 Å². The Kier molecular flexibility index (Phi) is 3.93. The molecule has 2 unspecified atom stereocenters. The van der Waals surface area contributed by atoms with Gasteiger partial charge in [-0.2, -0.15) is 0 Å². The predicted molar refractivity (Wildman–Crippen MR) is 61.7 cm³/mol. The van der Waals surface area contributed by atoms with Gasteiger partial charge < -0.3 is 4.74 Å². The van der Waals surface area contributed by atoms with Crippen LogP contribution in [0.15, 0.2) is 11.6 Å². The SMILES string of the molecule is C/C=C1\CCC1(COC)CC(C)(F)CC. The van der Waals surface area contributed by atoms with Gasteiger partial charge >= 0.3 is 0 Å². The third-order valence-corrected chi connectivity index (χ3v) is 3.77. The number of allylic oxidation sites excluding steroid dienone is 1. The van der Waals surface area contributed by atoms with Crippen LogP contribution < -0.4 is 0 Å². The van der Waals surface area contributed by atoms with E-state index in [2.05, 4.69) is 6.08 Å². The molecule has 0 radical (unpaired) electrons. The van der Waals surface area contributed by atoms with E-state index in [1.165, 1.54) is 5.57 Å². The molecule has 88 valence electrons. The molecule has 1 aliphatic carbocycles. The van der Waals surface area contributed by atoms with E-state index in [1.807, 2.05) is 13.8 Å². The first-order valence-electron chi connectivity index (χ1n) is 5.83. The molecule has 1 rings (SSSR count). The van der Waals surface area contributed by atoms with E-state index in [0.29, 0.717) is 19.4 Å². The minimum atomic E-state index is -1.06. The van der Waals surface area contributed by atoms with E-state index in [1.54, 1.807) is 14.0 Å². The van der Waals surface area contributed by atoms with E-state index < -0.39 is 5.67 Å². The first-order chi connectivity index (χ1) is 6.99. The minimum Gasteiger partial charge on any atom is -0.384 e. The summed E-state index contributed by atoms with van der Waals surface area (Å²) in [4.78, 5) is 0. The Labute approximate surface area is 92.7 Å². The summed E-state index contributed by atoms with van der Waals surface area (Å²) in [7, 11) is 1.70. The summed E-state index contributed by atoms with van der Waals surface area (Å²) in [6.07, 6.45) is 5.49. The van der Waals surface area contributed by atoms with Crippen LogP contribution in [-0.2, 0) is 4.74 Å². The van der Waals surface area contributed by atoms with Gasteiger partial charge in [0.15, 0.2) is 0 Å². The highest BCUT2D eigenvalue weighted by molar-refractivity contribution is 5.24. The van der Waals surface area contributed by atoms with E-state index in [4.69, 9.17) is 4.74 Å². The van der Waals surface area contributed by atoms with Gasteiger partial charge in [0.1, 0.15) is 5.67 Å². The van der Waals surface area contributed by atoms with Gasteiger partial charge in [-0.1, -0.05) is 18.6 Å². The van der Waals surface area contributed by atoms with Crippen LogP contribution in [-0.4, -0.2) is 19.4 Å². The lowest BCUT2D eigenvalue weighted by molar-refractivity contribution is 0.0104. The third-order valence-electron chi connectivity index (χ3n) is 3.77. The molecule has 2 atom stereocenters. The van der Waals surface area contributed by atoms with Crippen LogP contribution in [0.3, 0.4) is 0 Å². The molecule has 0 saturated heterocycles. The number of alkyl halides is 1. The zero-order valence-electron chi connectivity index (χ0n) is 10.4. The summed E-state index contributed by atoms with van der Waals surface area (Å²) in [6, 6.07) is 0. The van der Waals surface area contributed by atoms with Crippen LogP contribution in [0.1, 0.15) is 46.5 Å². The molecule has 0 aromatic carbocycles. The second kappa shape index (κ2) is 4.65. The summed E-state index contributed by atoms with van der Waals surface area (Å²) in [6.45, 7) is 6.32. The van der Waals surface area contributed by atoms with Crippen molar-refractivity contribution < 1.29 is 9.13 Å². The topological polar surface area (TPSA) is 9.23 Å². The zero-order valence-corrected chi connectivity index (χ0v) is 10.4. The Balaban J connectivity index is 2.75. The van der Waals surface area contributed by atoms with E-state index in [-0.39, 0.29) is 5.41 Å².